The van der Waals surface area contributed by atoms with Gasteiger partial charge in [0.15, 0.2) is 5.69 Å². The molecule has 1 aromatic rings. The number of hydrogen-bond acceptors (Lipinski definition) is 4. The van der Waals surface area contributed by atoms with Crippen molar-refractivity contribution >= 4 is 5.91 Å². The van der Waals surface area contributed by atoms with Gasteiger partial charge in [-0.2, -0.15) is 0 Å². The van der Waals surface area contributed by atoms with Crippen molar-refractivity contribution in [3.8, 4) is 0 Å². The van der Waals surface area contributed by atoms with Crippen molar-refractivity contribution in [3.63, 3.8) is 0 Å². The van der Waals surface area contributed by atoms with Gasteiger partial charge in [-0.05, 0) is 25.7 Å². The summed E-state index contributed by atoms with van der Waals surface area (Å²) in [6, 6.07) is 2.21. The van der Waals surface area contributed by atoms with E-state index >= 15 is 0 Å². The molecule has 2 aliphatic rings. The van der Waals surface area contributed by atoms with E-state index in [9.17, 15) is 4.79 Å². The lowest BCUT2D eigenvalue weighted by Gasteiger charge is -2.32. The van der Waals surface area contributed by atoms with Gasteiger partial charge in [0.2, 0.25) is 0 Å². The first-order valence-corrected chi connectivity index (χ1v) is 5.75. The summed E-state index contributed by atoms with van der Waals surface area (Å²) in [6.45, 7) is 0. The van der Waals surface area contributed by atoms with Crippen LogP contribution in [0.2, 0.25) is 0 Å². The van der Waals surface area contributed by atoms with E-state index in [1.165, 1.54) is 0 Å². The first kappa shape index (κ1) is 9.84. The molecule has 1 heterocycles. The molecular formula is C11H15N3O2. The molecule has 2 saturated carbocycles. The van der Waals surface area contributed by atoms with Crippen LogP contribution in [0.4, 0.5) is 0 Å². The first-order valence-electron chi connectivity index (χ1n) is 5.75. The van der Waals surface area contributed by atoms with Gasteiger partial charge in [-0.3, -0.25) is 4.79 Å². The quantitative estimate of drug-likeness (QED) is 0.790. The van der Waals surface area contributed by atoms with E-state index in [4.69, 9.17) is 10.3 Å². The molecule has 2 aliphatic carbocycles. The van der Waals surface area contributed by atoms with Crippen molar-refractivity contribution in [2.75, 3.05) is 0 Å². The summed E-state index contributed by atoms with van der Waals surface area (Å²) in [5.74, 6) is 1.19. The molecule has 1 amide bonds. The van der Waals surface area contributed by atoms with Crippen molar-refractivity contribution in [3.05, 3.63) is 17.5 Å². The monoisotopic (exact) mass is 221 g/mol. The molecule has 0 spiro atoms. The first-order chi connectivity index (χ1) is 7.72. The molecule has 0 aliphatic heterocycles. The second kappa shape index (κ2) is 3.59. The van der Waals surface area contributed by atoms with E-state index in [-0.39, 0.29) is 18.0 Å². The molecule has 16 heavy (non-hydrogen) atoms. The van der Waals surface area contributed by atoms with Gasteiger partial charge in [-0.15, -0.1) is 0 Å². The van der Waals surface area contributed by atoms with Crippen molar-refractivity contribution < 1.29 is 9.32 Å². The molecule has 0 radical (unpaired) electrons. The van der Waals surface area contributed by atoms with E-state index in [1.807, 2.05) is 0 Å². The maximum atomic E-state index is 11.7. The third-order valence-corrected chi connectivity index (χ3v) is 3.25. The molecule has 1 aromatic heterocycles. The molecule has 0 aromatic carbocycles. The summed E-state index contributed by atoms with van der Waals surface area (Å²) in [5, 5.41) is 6.68. The van der Waals surface area contributed by atoms with Crippen molar-refractivity contribution in [1.29, 1.82) is 0 Å². The molecule has 3 rings (SSSR count). The van der Waals surface area contributed by atoms with Gasteiger partial charge in [-0.25, -0.2) is 0 Å². The molecule has 0 unspecified atom stereocenters. The van der Waals surface area contributed by atoms with Crippen LogP contribution in [0.1, 0.15) is 47.8 Å². The smallest absolute Gasteiger partial charge is 0.273 e. The number of nitrogens with one attached hydrogen (secondary N) is 1. The van der Waals surface area contributed by atoms with Crippen LogP contribution in [-0.2, 0) is 0 Å². The van der Waals surface area contributed by atoms with Crippen molar-refractivity contribution in [2.24, 2.45) is 5.73 Å². The Labute approximate surface area is 93.4 Å². The molecule has 2 fully saturated rings. The summed E-state index contributed by atoms with van der Waals surface area (Å²) in [6.07, 6.45) is 4.01. The fourth-order valence-corrected chi connectivity index (χ4v) is 2.00. The van der Waals surface area contributed by atoms with Crippen LogP contribution in [-0.4, -0.2) is 23.1 Å². The number of rotatable bonds is 3. The number of nitrogens with zero attached hydrogens (tertiary/aromatic N) is 1. The third-order valence-electron chi connectivity index (χ3n) is 3.25. The van der Waals surface area contributed by atoms with Gasteiger partial charge in [-0.1, -0.05) is 5.16 Å². The number of carbonyl (C=O) groups is 1. The van der Waals surface area contributed by atoms with Crippen LogP contribution in [0, 0.1) is 0 Å². The number of amides is 1. The van der Waals surface area contributed by atoms with Gasteiger partial charge in [0.25, 0.3) is 5.91 Å². The minimum absolute atomic E-state index is 0.146. The minimum atomic E-state index is -0.146. The van der Waals surface area contributed by atoms with Crippen LogP contribution in [0.15, 0.2) is 10.6 Å². The Bertz CT molecular complexity index is 405. The van der Waals surface area contributed by atoms with Crippen LogP contribution < -0.4 is 11.1 Å². The highest BCUT2D eigenvalue weighted by atomic mass is 16.5. The van der Waals surface area contributed by atoms with E-state index in [0.717, 1.165) is 31.4 Å². The number of nitrogens with two attached hydrogens (primary N) is 1. The molecule has 86 valence electrons. The maximum Gasteiger partial charge on any atom is 0.273 e. The Morgan fingerprint density at radius 3 is 2.88 bits per heavy atom. The van der Waals surface area contributed by atoms with Gasteiger partial charge in [0, 0.05) is 24.1 Å². The van der Waals surface area contributed by atoms with Crippen LogP contribution >= 0.6 is 0 Å². The number of hydrogen-bond donors (Lipinski definition) is 2. The van der Waals surface area contributed by atoms with Gasteiger partial charge in [0.05, 0.1) is 0 Å². The van der Waals surface area contributed by atoms with E-state index < -0.39 is 0 Å². The highest BCUT2D eigenvalue weighted by Gasteiger charge is 2.31. The minimum Gasteiger partial charge on any atom is -0.360 e. The Hall–Kier alpha value is -1.36. The predicted molar refractivity (Wildman–Crippen MR) is 56.9 cm³/mol. The summed E-state index contributed by atoms with van der Waals surface area (Å²) in [4.78, 5) is 11.7. The molecule has 5 heteroatoms. The van der Waals surface area contributed by atoms with E-state index in [1.54, 1.807) is 6.07 Å². The fourth-order valence-electron chi connectivity index (χ4n) is 2.00. The van der Waals surface area contributed by atoms with Crippen molar-refractivity contribution in [1.82, 2.24) is 10.5 Å². The Kier molecular flexibility index (Phi) is 2.21. The lowest BCUT2D eigenvalue weighted by atomic mass is 9.87. The Morgan fingerprint density at radius 2 is 2.25 bits per heavy atom. The SMILES string of the molecule is NC1CC(NC(=O)c2cc(C3CC3)on2)C1. The van der Waals surface area contributed by atoms with E-state index in [2.05, 4.69) is 10.5 Å². The third kappa shape index (κ3) is 1.82. The van der Waals surface area contributed by atoms with Gasteiger partial charge in [0.1, 0.15) is 5.76 Å². The second-order valence-electron chi connectivity index (χ2n) is 4.79. The fraction of sp³-hybridized carbons (Fsp3) is 0.636. The second-order valence-corrected chi connectivity index (χ2v) is 4.79. The average Bonchev–Trinajstić information content (AvgIpc) is 2.94. The number of aromatic nitrogens is 1. The Morgan fingerprint density at radius 1 is 1.50 bits per heavy atom. The summed E-state index contributed by atoms with van der Waals surface area (Å²) in [7, 11) is 0. The maximum absolute atomic E-state index is 11.7. The zero-order valence-electron chi connectivity index (χ0n) is 8.98. The van der Waals surface area contributed by atoms with Crippen LogP contribution in [0.3, 0.4) is 0 Å². The zero-order chi connectivity index (χ0) is 11.1. The summed E-state index contributed by atoms with van der Waals surface area (Å²) < 4.78 is 5.13. The topological polar surface area (TPSA) is 81.1 Å². The molecule has 5 nitrogen and oxygen atoms in total. The predicted octanol–water partition coefficient (Wildman–Crippen LogP) is 0.771. The molecule has 0 bridgehead atoms. The molecule has 0 saturated heterocycles. The largest absolute Gasteiger partial charge is 0.360 e. The lowest BCUT2D eigenvalue weighted by Crippen LogP contribution is -2.50. The van der Waals surface area contributed by atoms with Crippen LogP contribution in [0.25, 0.3) is 0 Å². The summed E-state index contributed by atoms with van der Waals surface area (Å²) >= 11 is 0. The lowest BCUT2D eigenvalue weighted by molar-refractivity contribution is 0.0901. The number of carbonyl (C=O) groups excluding carboxylic acids is 1. The zero-order valence-corrected chi connectivity index (χ0v) is 8.98. The normalized spacial score (nSPS) is 28.6. The standard InChI is InChI=1S/C11H15N3O2/c12-7-3-8(4-7)13-11(15)9-5-10(16-14-9)6-1-2-6/h5-8H,1-4,12H2,(H,13,15). The van der Waals surface area contributed by atoms with Gasteiger partial charge >= 0.3 is 0 Å². The highest BCUT2D eigenvalue weighted by Crippen LogP contribution is 2.40. The highest BCUT2D eigenvalue weighted by molar-refractivity contribution is 5.92. The van der Waals surface area contributed by atoms with E-state index in [0.29, 0.717) is 11.6 Å². The Balaban J connectivity index is 1.60. The molecule has 3 N–H and O–H groups in total. The molecule has 0 atom stereocenters. The van der Waals surface area contributed by atoms with Crippen LogP contribution in [0.5, 0.6) is 0 Å². The summed E-state index contributed by atoms with van der Waals surface area (Å²) in [5.41, 5.74) is 6.04. The van der Waals surface area contributed by atoms with Crippen molar-refractivity contribution in [2.45, 2.75) is 43.7 Å². The van der Waals surface area contributed by atoms with Gasteiger partial charge < -0.3 is 15.6 Å². The average molecular weight is 221 g/mol. The molecular weight excluding hydrogens is 206 g/mol.